The Morgan fingerprint density at radius 1 is 1.23 bits per heavy atom. The first kappa shape index (κ1) is 14.5. The Labute approximate surface area is 131 Å². The fraction of sp³-hybridized carbons (Fsp3) is 0.125. The Balaban J connectivity index is 1.83. The largest absolute Gasteiger partial charge is 0.409 e. The van der Waals surface area contributed by atoms with E-state index in [0.29, 0.717) is 12.0 Å². The van der Waals surface area contributed by atoms with Crippen molar-refractivity contribution in [1.82, 2.24) is 4.98 Å². The van der Waals surface area contributed by atoms with Crippen molar-refractivity contribution in [3.05, 3.63) is 64.7 Å². The molecule has 2 aromatic carbocycles. The number of aromatic nitrogens is 1. The number of hydrogen-bond donors (Lipinski definition) is 3. The molecule has 22 heavy (non-hydrogen) atoms. The minimum absolute atomic E-state index is 0.0930. The Morgan fingerprint density at radius 2 is 2.05 bits per heavy atom. The molecule has 0 radical (unpaired) electrons. The Morgan fingerprint density at radius 3 is 2.82 bits per heavy atom. The van der Waals surface area contributed by atoms with Crippen LogP contribution in [0.25, 0.3) is 10.2 Å². The number of nitrogens with zero attached hydrogens (tertiary/aromatic N) is 2. The fourth-order valence-corrected chi connectivity index (χ4v) is 3.27. The van der Waals surface area contributed by atoms with Crippen molar-refractivity contribution in [1.29, 1.82) is 0 Å². The molecule has 112 valence electrons. The van der Waals surface area contributed by atoms with Gasteiger partial charge in [0.05, 0.1) is 16.3 Å². The van der Waals surface area contributed by atoms with Gasteiger partial charge >= 0.3 is 0 Å². The summed E-state index contributed by atoms with van der Waals surface area (Å²) < 4.78 is 1.14. The van der Waals surface area contributed by atoms with Gasteiger partial charge in [0.1, 0.15) is 5.01 Å². The van der Waals surface area contributed by atoms with E-state index in [2.05, 4.69) is 10.1 Å². The van der Waals surface area contributed by atoms with Crippen molar-refractivity contribution in [3.8, 4) is 0 Å². The number of rotatable bonds is 4. The van der Waals surface area contributed by atoms with Gasteiger partial charge in [-0.1, -0.05) is 35.5 Å². The molecule has 0 saturated carbocycles. The topological polar surface area (TPSA) is 97.5 Å². The van der Waals surface area contributed by atoms with Gasteiger partial charge in [0, 0.05) is 5.56 Å². The van der Waals surface area contributed by atoms with Crippen LogP contribution >= 0.6 is 11.3 Å². The molecule has 3 aromatic rings. The molecule has 1 heterocycles. The van der Waals surface area contributed by atoms with E-state index in [4.69, 9.17) is 16.7 Å². The monoisotopic (exact) mass is 312 g/mol. The van der Waals surface area contributed by atoms with Crippen LogP contribution in [0.5, 0.6) is 0 Å². The second-order valence-electron chi connectivity index (χ2n) is 5.02. The highest BCUT2D eigenvalue weighted by molar-refractivity contribution is 7.18. The van der Waals surface area contributed by atoms with Crippen LogP contribution in [0.15, 0.2) is 53.7 Å². The van der Waals surface area contributed by atoms with E-state index in [0.717, 1.165) is 20.8 Å². The van der Waals surface area contributed by atoms with Crippen molar-refractivity contribution in [3.63, 3.8) is 0 Å². The minimum atomic E-state index is -0.181. The molecule has 1 unspecified atom stereocenters. The van der Waals surface area contributed by atoms with E-state index in [1.54, 1.807) is 17.4 Å². The summed E-state index contributed by atoms with van der Waals surface area (Å²) in [5.74, 6) is 0.0930. The number of oxime groups is 1. The lowest BCUT2D eigenvalue weighted by atomic mass is 10.0. The van der Waals surface area contributed by atoms with Crippen LogP contribution in [0, 0.1) is 0 Å². The highest BCUT2D eigenvalue weighted by Crippen LogP contribution is 2.27. The summed E-state index contributed by atoms with van der Waals surface area (Å²) >= 11 is 1.62. The standard InChI is InChI=1S/C16H16N4OS/c17-12(16-19-13-6-1-2-7-14(13)22-16)9-10-4-3-5-11(8-10)15(18)20-21/h1-8,12,21H,9,17H2,(H2,18,20). The second kappa shape index (κ2) is 6.13. The molecule has 5 N–H and O–H groups in total. The molecule has 6 heteroatoms. The van der Waals surface area contributed by atoms with Crippen molar-refractivity contribution >= 4 is 27.4 Å². The van der Waals surface area contributed by atoms with Gasteiger partial charge in [-0.2, -0.15) is 0 Å². The third kappa shape index (κ3) is 2.93. The van der Waals surface area contributed by atoms with Crippen molar-refractivity contribution in [2.24, 2.45) is 16.6 Å². The molecule has 0 aliphatic rings. The molecular weight excluding hydrogens is 296 g/mol. The smallest absolute Gasteiger partial charge is 0.170 e. The van der Waals surface area contributed by atoms with E-state index in [1.165, 1.54) is 0 Å². The summed E-state index contributed by atoms with van der Waals surface area (Å²) in [6, 6.07) is 15.3. The van der Waals surface area contributed by atoms with Crippen LogP contribution in [0.3, 0.4) is 0 Å². The van der Waals surface area contributed by atoms with Gasteiger partial charge in [0.2, 0.25) is 0 Å². The lowest BCUT2D eigenvalue weighted by molar-refractivity contribution is 0.318. The van der Waals surface area contributed by atoms with Crippen LogP contribution < -0.4 is 11.5 Å². The summed E-state index contributed by atoms with van der Waals surface area (Å²) in [5, 5.41) is 12.7. The molecule has 1 aromatic heterocycles. The maximum atomic E-state index is 8.75. The molecule has 0 saturated heterocycles. The molecule has 5 nitrogen and oxygen atoms in total. The SMILES string of the molecule is N/C(=N/O)c1cccc(CC(N)c2nc3ccccc3s2)c1. The van der Waals surface area contributed by atoms with Crippen molar-refractivity contribution < 1.29 is 5.21 Å². The van der Waals surface area contributed by atoms with Gasteiger partial charge in [-0.3, -0.25) is 0 Å². The number of para-hydroxylation sites is 1. The average Bonchev–Trinajstić information content (AvgIpc) is 2.98. The molecule has 1 atom stereocenters. The zero-order valence-electron chi connectivity index (χ0n) is 11.8. The number of benzene rings is 2. The maximum absolute atomic E-state index is 8.75. The van der Waals surface area contributed by atoms with E-state index in [9.17, 15) is 0 Å². The molecule has 0 aliphatic carbocycles. The molecule has 0 fully saturated rings. The van der Waals surface area contributed by atoms with Gasteiger partial charge in [-0.25, -0.2) is 4.98 Å². The predicted molar refractivity (Wildman–Crippen MR) is 89.2 cm³/mol. The van der Waals surface area contributed by atoms with Gasteiger partial charge < -0.3 is 16.7 Å². The molecule has 0 aliphatic heterocycles. The zero-order chi connectivity index (χ0) is 15.5. The zero-order valence-corrected chi connectivity index (χ0v) is 12.6. The second-order valence-corrected chi connectivity index (χ2v) is 6.08. The first-order valence-corrected chi connectivity index (χ1v) is 7.67. The Hall–Kier alpha value is -2.44. The van der Waals surface area contributed by atoms with Crippen LogP contribution in [0.2, 0.25) is 0 Å². The number of amidine groups is 1. The first-order chi connectivity index (χ1) is 10.7. The van der Waals surface area contributed by atoms with Gasteiger partial charge in [0.15, 0.2) is 5.84 Å². The lowest BCUT2D eigenvalue weighted by Gasteiger charge is -2.09. The Kier molecular flexibility index (Phi) is 4.04. The quantitative estimate of drug-likeness (QED) is 0.298. The van der Waals surface area contributed by atoms with E-state index >= 15 is 0 Å². The average molecular weight is 312 g/mol. The normalized spacial score (nSPS) is 13.4. The summed E-state index contributed by atoms with van der Waals surface area (Å²) in [6.07, 6.45) is 0.645. The van der Waals surface area contributed by atoms with Crippen molar-refractivity contribution in [2.45, 2.75) is 12.5 Å². The lowest BCUT2D eigenvalue weighted by Crippen LogP contribution is -2.15. The molecule has 0 bridgehead atoms. The van der Waals surface area contributed by atoms with Crippen LogP contribution in [-0.4, -0.2) is 16.0 Å². The Bertz CT molecular complexity index is 795. The van der Waals surface area contributed by atoms with Crippen LogP contribution in [0.4, 0.5) is 0 Å². The number of hydrogen-bond acceptors (Lipinski definition) is 5. The summed E-state index contributed by atoms with van der Waals surface area (Å²) in [7, 11) is 0. The molecule has 3 rings (SSSR count). The summed E-state index contributed by atoms with van der Waals surface area (Å²) in [5.41, 5.74) is 14.6. The summed E-state index contributed by atoms with van der Waals surface area (Å²) in [6.45, 7) is 0. The fourth-order valence-electron chi connectivity index (χ4n) is 2.31. The van der Waals surface area contributed by atoms with Gasteiger partial charge in [-0.05, 0) is 30.2 Å². The van der Waals surface area contributed by atoms with Crippen LogP contribution in [-0.2, 0) is 6.42 Å². The van der Waals surface area contributed by atoms with Crippen molar-refractivity contribution in [2.75, 3.05) is 0 Å². The highest BCUT2D eigenvalue weighted by atomic mass is 32.1. The van der Waals surface area contributed by atoms with E-state index in [1.807, 2.05) is 42.5 Å². The number of thiazole rings is 1. The third-order valence-electron chi connectivity index (χ3n) is 3.41. The van der Waals surface area contributed by atoms with E-state index in [-0.39, 0.29) is 11.9 Å². The number of nitrogens with two attached hydrogens (primary N) is 2. The number of fused-ring (bicyclic) bond motifs is 1. The molecular formula is C16H16N4OS. The predicted octanol–water partition coefficient (Wildman–Crippen LogP) is 2.63. The minimum Gasteiger partial charge on any atom is -0.409 e. The molecule has 0 amide bonds. The summed E-state index contributed by atoms with van der Waals surface area (Å²) in [4.78, 5) is 4.59. The van der Waals surface area contributed by atoms with E-state index < -0.39 is 0 Å². The first-order valence-electron chi connectivity index (χ1n) is 6.85. The highest BCUT2D eigenvalue weighted by Gasteiger charge is 2.13. The van der Waals surface area contributed by atoms with Gasteiger partial charge in [-0.15, -0.1) is 11.3 Å². The molecule has 0 spiro atoms. The maximum Gasteiger partial charge on any atom is 0.170 e. The third-order valence-corrected chi connectivity index (χ3v) is 4.58. The van der Waals surface area contributed by atoms with Crippen LogP contribution in [0.1, 0.15) is 22.2 Å². The van der Waals surface area contributed by atoms with Gasteiger partial charge in [0.25, 0.3) is 0 Å².